The third-order valence-corrected chi connectivity index (χ3v) is 3.81. The maximum absolute atomic E-state index is 12.0. The molecule has 6 nitrogen and oxygen atoms in total. The number of halogens is 1. The van der Waals surface area contributed by atoms with Crippen LogP contribution >= 0.6 is 22.9 Å². The lowest BCUT2D eigenvalue weighted by molar-refractivity contribution is 0.0696. The van der Waals surface area contributed by atoms with Crippen molar-refractivity contribution in [1.29, 1.82) is 0 Å². The van der Waals surface area contributed by atoms with Crippen LogP contribution < -0.4 is 11.1 Å². The number of carboxylic acids is 1. The smallest absolute Gasteiger partial charge is 0.335 e. The number of carboxylic acid groups (broad SMARTS) is 1. The predicted molar refractivity (Wildman–Crippen MR) is 81.1 cm³/mol. The van der Waals surface area contributed by atoms with Crippen LogP contribution in [0.25, 0.3) is 0 Å². The summed E-state index contributed by atoms with van der Waals surface area (Å²) >= 11 is 7.12. The van der Waals surface area contributed by atoms with E-state index in [1.165, 1.54) is 29.5 Å². The molecule has 0 saturated heterocycles. The van der Waals surface area contributed by atoms with E-state index in [0.717, 1.165) is 0 Å². The van der Waals surface area contributed by atoms with Crippen molar-refractivity contribution in [3.8, 4) is 0 Å². The van der Waals surface area contributed by atoms with E-state index in [0.29, 0.717) is 10.7 Å². The molecule has 1 heterocycles. The quantitative estimate of drug-likeness (QED) is 0.801. The first-order chi connectivity index (χ1) is 9.86. The zero-order chi connectivity index (χ0) is 15.6. The number of thiazole rings is 1. The van der Waals surface area contributed by atoms with Crippen LogP contribution in [0.4, 0.5) is 5.69 Å². The molecule has 21 heavy (non-hydrogen) atoms. The summed E-state index contributed by atoms with van der Waals surface area (Å²) in [6.45, 7) is 1.77. The first-order valence-corrected chi connectivity index (χ1v) is 7.19. The monoisotopic (exact) mass is 325 g/mol. The van der Waals surface area contributed by atoms with Gasteiger partial charge in [0.25, 0.3) is 5.91 Å². The number of anilines is 1. The predicted octanol–water partition coefficient (Wildman–Crippen LogP) is 2.77. The van der Waals surface area contributed by atoms with E-state index < -0.39 is 11.9 Å². The van der Waals surface area contributed by atoms with Crippen LogP contribution in [0.3, 0.4) is 0 Å². The molecule has 0 saturated carbocycles. The second kappa shape index (κ2) is 6.21. The summed E-state index contributed by atoms with van der Waals surface area (Å²) in [6, 6.07) is 3.84. The molecule has 0 fully saturated rings. The van der Waals surface area contributed by atoms with E-state index in [2.05, 4.69) is 10.3 Å². The van der Waals surface area contributed by atoms with Gasteiger partial charge in [0.05, 0.1) is 11.6 Å². The molecule has 2 aromatic rings. The summed E-state index contributed by atoms with van der Waals surface area (Å²) in [4.78, 5) is 27.1. The number of rotatable bonds is 4. The lowest BCUT2D eigenvalue weighted by Crippen LogP contribution is -2.14. The second-order valence-electron chi connectivity index (χ2n) is 4.35. The summed E-state index contributed by atoms with van der Waals surface area (Å²) < 4.78 is 0. The molecule has 1 amide bonds. The Morgan fingerprint density at radius 1 is 1.43 bits per heavy atom. The number of hydrogen-bond donors (Lipinski definition) is 3. The lowest BCUT2D eigenvalue weighted by Gasteiger charge is -2.05. The largest absolute Gasteiger partial charge is 0.478 e. The van der Waals surface area contributed by atoms with E-state index >= 15 is 0 Å². The van der Waals surface area contributed by atoms with Crippen LogP contribution in [-0.4, -0.2) is 22.0 Å². The number of nitrogens with one attached hydrogen (secondary N) is 1. The van der Waals surface area contributed by atoms with Gasteiger partial charge in [0.15, 0.2) is 0 Å². The molecule has 8 heteroatoms. The molecule has 1 aromatic carbocycles. The Kier molecular flexibility index (Phi) is 4.56. The van der Waals surface area contributed by atoms with Gasteiger partial charge in [0.1, 0.15) is 10.7 Å². The zero-order valence-electron chi connectivity index (χ0n) is 11.0. The second-order valence-corrected chi connectivity index (χ2v) is 5.67. The summed E-state index contributed by atoms with van der Waals surface area (Å²) in [5.74, 6) is -1.57. The van der Waals surface area contributed by atoms with Crippen molar-refractivity contribution in [2.45, 2.75) is 13.0 Å². The maximum Gasteiger partial charge on any atom is 0.335 e. The van der Waals surface area contributed by atoms with Gasteiger partial charge < -0.3 is 16.2 Å². The van der Waals surface area contributed by atoms with Gasteiger partial charge in [0.2, 0.25) is 0 Å². The van der Waals surface area contributed by atoms with Gasteiger partial charge in [-0.2, -0.15) is 0 Å². The van der Waals surface area contributed by atoms with Crippen LogP contribution in [0.15, 0.2) is 23.6 Å². The van der Waals surface area contributed by atoms with Crippen molar-refractivity contribution >= 4 is 40.5 Å². The highest BCUT2D eigenvalue weighted by molar-refractivity contribution is 7.09. The van der Waals surface area contributed by atoms with Crippen LogP contribution in [0, 0.1) is 0 Å². The molecule has 0 spiro atoms. The third-order valence-electron chi connectivity index (χ3n) is 2.55. The van der Waals surface area contributed by atoms with Gasteiger partial charge in [-0.1, -0.05) is 11.6 Å². The minimum Gasteiger partial charge on any atom is -0.478 e. The number of carbonyl (C=O) groups is 2. The van der Waals surface area contributed by atoms with E-state index in [1.54, 1.807) is 12.3 Å². The van der Waals surface area contributed by atoms with E-state index in [1.807, 2.05) is 0 Å². The fourth-order valence-corrected chi connectivity index (χ4v) is 2.57. The Hall–Kier alpha value is -1.96. The highest BCUT2D eigenvalue weighted by atomic mass is 35.5. The minimum absolute atomic E-state index is 0.00709. The summed E-state index contributed by atoms with van der Waals surface area (Å²) in [5, 5.41) is 14.0. The van der Waals surface area contributed by atoms with Gasteiger partial charge in [-0.15, -0.1) is 11.3 Å². The molecular weight excluding hydrogens is 314 g/mol. The van der Waals surface area contributed by atoms with Gasteiger partial charge >= 0.3 is 5.97 Å². The number of aromatic carboxylic acids is 1. The van der Waals surface area contributed by atoms with Crippen molar-refractivity contribution in [3.05, 3.63) is 44.9 Å². The van der Waals surface area contributed by atoms with Crippen molar-refractivity contribution in [1.82, 2.24) is 4.98 Å². The Balaban J connectivity index is 2.20. The number of amides is 1. The van der Waals surface area contributed by atoms with Crippen molar-refractivity contribution < 1.29 is 14.7 Å². The van der Waals surface area contributed by atoms with Crippen LogP contribution in [-0.2, 0) is 0 Å². The van der Waals surface area contributed by atoms with Crippen molar-refractivity contribution in [2.75, 3.05) is 5.32 Å². The molecular formula is C13H12ClN3O3S. The number of benzene rings is 1. The fraction of sp³-hybridized carbons (Fsp3) is 0.154. The fourth-order valence-electron chi connectivity index (χ4n) is 1.58. The van der Waals surface area contributed by atoms with Crippen LogP contribution in [0.2, 0.25) is 5.02 Å². The SMILES string of the molecule is CC(N)c1nc(C(=O)Nc2cc(Cl)cc(C(=O)O)c2)cs1. The van der Waals surface area contributed by atoms with Gasteiger partial charge in [-0.25, -0.2) is 9.78 Å². The molecule has 0 aliphatic rings. The Morgan fingerprint density at radius 2 is 2.14 bits per heavy atom. The van der Waals surface area contributed by atoms with Gasteiger partial charge in [-0.3, -0.25) is 4.79 Å². The summed E-state index contributed by atoms with van der Waals surface area (Å²) in [5.41, 5.74) is 6.20. The molecule has 4 N–H and O–H groups in total. The van der Waals surface area contributed by atoms with Crippen LogP contribution in [0.1, 0.15) is 38.8 Å². The zero-order valence-corrected chi connectivity index (χ0v) is 12.5. The molecule has 0 bridgehead atoms. The molecule has 1 atom stereocenters. The molecule has 1 unspecified atom stereocenters. The topological polar surface area (TPSA) is 105 Å². The van der Waals surface area contributed by atoms with Crippen molar-refractivity contribution in [2.24, 2.45) is 5.73 Å². The first kappa shape index (κ1) is 15.4. The normalized spacial score (nSPS) is 12.0. The average Bonchev–Trinajstić information content (AvgIpc) is 2.87. The van der Waals surface area contributed by atoms with E-state index in [4.69, 9.17) is 22.4 Å². The molecule has 1 aromatic heterocycles. The number of carbonyl (C=O) groups excluding carboxylic acids is 1. The highest BCUT2D eigenvalue weighted by Crippen LogP contribution is 2.21. The number of nitrogens with two attached hydrogens (primary N) is 1. The first-order valence-electron chi connectivity index (χ1n) is 5.93. The standard InChI is InChI=1S/C13H12ClN3O3S/c1-6(15)12-17-10(5-21-12)11(18)16-9-3-7(13(19)20)2-8(14)4-9/h2-6H,15H2,1H3,(H,16,18)(H,19,20). The molecule has 0 aliphatic carbocycles. The average molecular weight is 326 g/mol. The van der Waals surface area contributed by atoms with Crippen LogP contribution in [0.5, 0.6) is 0 Å². The number of hydrogen-bond acceptors (Lipinski definition) is 5. The molecule has 110 valence electrons. The summed E-state index contributed by atoms with van der Waals surface area (Å²) in [6.07, 6.45) is 0. The third kappa shape index (κ3) is 3.78. The lowest BCUT2D eigenvalue weighted by atomic mass is 10.2. The van der Waals surface area contributed by atoms with Crippen molar-refractivity contribution in [3.63, 3.8) is 0 Å². The molecule has 2 rings (SSSR count). The molecule has 0 aliphatic heterocycles. The van der Waals surface area contributed by atoms with Gasteiger partial charge in [0, 0.05) is 16.1 Å². The number of aromatic nitrogens is 1. The minimum atomic E-state index is -1.12. The van der Waals surface area contributed by atoms with Gasteiger partial charge in [-0.05, 0) is 25.1 Å². The maximum atomic E-state index is 12.0. The Bertz CT molecular complexity index is 700. The summed E-state index contributed by atoms with van der Waals surface area (Å²) in [7, 11) is 0. The highest BCUT2D eigenvalue weighted by Gasteiger charge is 2.14. The molecule has 0 radical (unpaired) electrons. The van der Waals surface area contributed by atoms with E-state index in [9.17, 15) is 9.59 Å². The van der Waals surface area contributed by atoms with E-state index in [-0.39, 0.29) is 22.3 Å². The Morgan fingerprint density at radius 3 is 2.71 bits per heavy atom. The Labute approximate surface area is 129 Å². The number of nitrogens with zero attached hydrogens (tertiary/aromatic N) is 1.